The van der Waals surface area contributed by atoms with Crippen LogP contribution in [-0.2, 0) is 4.79 Å². The van der Waals surface area contributed by atoms with Gasteiger partial charge in [0.1, 0.15) is 5.78 Å². The fourth-order valence-electron chi connectivity index (χ4n) is 0.830. The molecule has 1 N–H and O–H groups in total. The molecule has 0 aromatic heterocycles. The summed E-state index contributed by atoms with van der Waals surface area (Å²) in [7, 11) is 1.82. The summed E-state index contributed by atoms with van der Waals surface area (Å²) in [4.78, 5) is 11.2. The second-order valence-electron chi connectivity index (χ2n) is 3.62. The van der Waals surface area contributed by atoms with Crippen LogP contribution < -0.4 is 5.32 Å². The van der Waals surface area contributed by atoms with Crippen LogP contribution in [0.15, 0.2) is 11.6 Å². The molecule has 0 radical (unpaired) electrons. The molecule has 0 bridgehead atoms. The molecule has 0 heterocycles. The smallest absolute Gasteiger partial charge is 0.149 e. The van der Waals surface area contributed by atoms with Gasteiger partial charge in [-0.15, -0.1) is 0 Å². The molecule has 0 aliphatic heterocycles. The van der Waals surface area contributed by atoms with Gasteiger partial charge in [-0.25, -0.2) is 0 Å². The zero-order chi connectivity index (χ0) is 9.78. The number of nitrogens with one attached hydrogen (secondary N) is 1. The minimum Gasteiger partial charge on any atom is -0.308 e. The number of ketones is 1. The van der Waals surface area contributed by atoms with Gasteiger partial charge in [0, 0.05) is 0 Å². The van der Waals surface area contributed by atoms with E-state index in [1.165, 1.54) is 5.57 Å². The minimum absolute atomic E-state index is 0.183. The predicted octanol–water partition coefficient (Wildman–Crippen LogP) is 1.91. The molecular weight excluding hydrogens is 150 g/mol. The summed E-state index contributed by atoms with van der Waals surface area (Å²) in [5.74, 6) is 0.183. The molecule has 0 amide bonds. The van der Waals surface area contributed by atoms with Gasteiger partial charge in [-0.3, -0.25) is 4.79 Å². The number of rotatable bonds is 4. The second kappa shape index (κ2) is 4.41. The van der Waals surface area contributed by atoms with Crippen LogP contribution in [0.1, 0.15) is 34.1 Å². The largest absolute Gasteiger partial charge is 0.308 e. The highest BCUT2D eigenvalue weighted by Crippen LogP contribution is 2.12. The molecule has 0 aromatic carbocycles. The van der Waals surface area contributed by atoms with E-state index in [2.05, 4.69) is 11.4 Å². The number of carbonyl (C=O) groups is 1. The number of likely N-dealkylation sites (N-methyl/N-ethyl adjacent to an activating group) is 1. The van der Waals surface area contributed by atoms with Crippen molar-refractivity contribution in [2.45, 2.75) is 39.7 Å². The molecule has 0 aliphatic carbocycles. The average Bonchev–Trinajstić information content (AvgIpc) is 1.99. The van der Waals surface area contributed by atoms with Crippen LogP contribution in [-0.4, -0.2) is 18.4 Å². The van der Waals surface area contributed by atoms with Crippen molar-refractivity contribution in [1.82, 2.24) is 5.32 Å². The first kappa shape index (κ1) is 11.4. The van der Waals surface area contributed by atoms with Gasteiger partial charge in [-0.05, 0) is 41.2 Å². The van der Waals surface area contributed by atoms with E-state index in [1.54, 1.807) is 6.92 Å². The van der Waals surface area contributed by atoms with Gasteiger partial charge in [-0.1, -0.05) is 11.6 Å². The number of allylic oxidation sites excluding steroid dienone is 1. The molecular formula is C10H19NO. The van der Waals surface area contributed by atoms with E-state index in [4.69, 9.17) is 0 Å². The maximum Gasteiger partial charge on any atom is 0.149 e. The zero-order valence-corrected chi connectivity index (χ0v) is 8.69. The van der Waals surface area contributed by atoms with Crippen LogP contribution in [0.4, 0.5) is 0 Å². The summed E-state index contributed by atoms with van der Waals surface area (Å²) in [6.45, 7) is 7.62. The van der Waals surface area contributed by atoms with E-state index in [0.717, 1.165) is 6.42 Å². The van der Waals surface area contributed by atoms with E-state index in [1.807, 2.05) is 27.8 Å². The van der Waals surface area contributed by atoms with Gasteiger partial charge in [-0.2, -0.15) is 0 Å². The molecule has 0 spiro atoms. The van der Waals surface area contributed by atoms with Gasteiger partial charge in [0.05, 0.1) is 5.54 Å². The number of carbonyl (C=O) groups excluding carboxylic acids is 1. The lowest BCUT2D eigenvalue weighted by atomic mass is 9.92. The molecule has 1 unspecified atom stereocenters. The quantitative estimate of drug-likeness (QED) is 0.651. The van der Waals surface area contributed by atoms with Crippen LogP contribution in [0.5, 0.6) is 0 Å². The van der Waals surface area contributed by atoms with Crippen LogP contribution in [0.3, 0.4) is 0 Å². The van der Waals surface area contributed by atoms with Crippen molar-refractivity contribution < 1.29 is 4.79 Å². The summed E-state index contributed by atoms with van der Waals surface area (Å²) in [5.41, 5.74) is 0.856. The molecule has 0 aromatic rings. The van der Waals surface area contributed by atoms with Gasteiger partial charge < -0.3 is 5.32 Å². The summed E-state index contributed by atoms with van der Waals surface area (Å²) < 4.78 is 0. The monoisotopic (exact) mass is 169 g/mol. The molecule has 0 saturated heterocycles. The van der Waals surface area contributed by atoms with Crippen molar-refractivity contribution in [3.63, 3.8) is 0 Å². The van der Waals surface area contributed by atoms with Crippen LogP contribution >= 0.6 is 0 Å². The van der Waals surface area contributed by atoms with Crippen LogP contribution in [0, 0.1) is 0 Å². The Hall–Kier alpha value is -0.630. The zero-order valence-electron chi connectivity index (χ0n) is 8.69. The minimum atomic E-state index is -0.392. The third-order valence-electron chi connectivity index (χ3n) is 2.25. The Labute approximate surface area is 75.0 Å². The van der Waals surface area contributed by atoms with Gasteiger partial charge in [0.15, 0.2) is 0 Å². The Morgan fingerprint density at radius 1 is 1.42 bits per heavy atom. The van der Waals surface area contributed by atoms with Crippen molar-refractivity contribution in [1.29, 1.82) is 0 Å². The maximum atomic E-state index is 11.2. The lowest BCUT2D eigenvalue weighted by Crippen LogP contribution is -2.45. The lowest BCUT2D eigenvalue weighted by molar-refractivity contribution is -0.122. The number of hydrogen-bond acceptors (Lipinski definition) is 2. The third kappa shape index (κ3) is 3.18. The van der Waals surface area contributed by atoms with Crippen molar-refractivity contribution in [3.8, 4) is 0 Å². The molecule has 2 nitrogen and oxygen atoms in total. The topological polar surface area (TPSA) is 29.1 Å². The maximum absolute atomic E-state index is 11.2. The molecule has 0 fully saturated rings. The lowest BCUT2D eigenvalue weighted by Gasteiger charge is -2.24. The Bertz CT molecular complexity index is 192. The average molecular weight is 169 g/mol. The Morgan fingerprint density at radius 3 is 2.17 bits per heavy atom. The first-order valence-corrected chi connectivity index (χ1v) is 4.25. The van der Waals surface area contributed by atoms with Crippen molar-refractivity contribution in [2.75, 3.05) is 7.05 Å². The summed E-state index contributed by atoms with van der Waals surface area (Å²) in [6, 6.07) is 0. The van der Waals surface area contributed by atoms with Gasteiger partial charge in [0.2, 0.25) is 0 Å². The molecule has 1 atom stereocenters. The van der Waals surface area contributed by atoms with E-state index in [9.17, 15) is 4.79 Å². The molecule has 0 rings (SSSR count). The first-order valence-electron chi connectivity index (χ1n) is 4.25. The molecule has 2 heteroatoms. The predicted molar refractivity (Wildman–Crippen MR) is 52.2 cm³/mol. The fraction of sp³-hybridized carbons (Fsp3) is 0.700. The molecule has 12 heavy (non-hydrogen) atoms. The standard InChI is InChI=1S/C10H19NO/c1-8(2)6-7-10(4,11-5)9(3)12/h6,11H,7H2,1-5H3. The van der Waals surface area contributed by atoms with Crippen molar-refractivity contribution in [2.24, 2.45) is 0 Å². The SMILES string of the molecule is CNC(C)(CC=C(C)C)C(C)=O. The van der Waals surface area contributed by atoms with Crippen molar-refractivity contribution >= 4 is 5.78 Å². The van der Waals surface area contributed by atoms with E-state index in [0.29, 0.717) is 0 Å². The van der Waals surface area contributed by atoms with Gasteiger partial charge >= 0.3 is 0 Å². The normalized spacial score (nSPS) is 15.1. The highest BCUT2D eigenvalue weighted by atomic mass is 16.1. The number of hydrogen-bond donors (Lipinski definition) is 1. The Kier molecular flexibility index (Phi) is 4.18. The summed E-state index contributed by atoms with van der Waals surface area (Å²) >= 11 is 0. The summed E-state index contributed by atoms with van der Waals surface area (Å²) in [5, 5.41) is 3.04. The van der Waals surface area contributed by atoms with Gasteiger partial charge in [0.25, 0.3) is 0 Å². The highest BCUT2D eigenvalue weighted by Gasteiger charge is 2.25. The summed E-state index contributed by atoms with van der Waals surface area (Å²) in [6.07, 6.45) is 2.85. The molecule has 70 valence electrons. The molecule has 0 aliphatic rings. The second-order valence-corrected chi connectivity index (χ2v) is 3.62. The third-order valence-corrected chi connectivity index (χ3v) is 2.25. The molecule has 0 saturated carbocycles. The van der Waals surface area contributed by atoms with E-state index < -0.39 is 5.54 Å². The highest BCUT2D eigenvalue weighted by molar-refractivity contribution is 5.85. The van der Waals surface area contributed by atoms with Crippen LogP contribution in [0.25, 0.3) is 0 Å². The van der Waals surface area contributed by atoms with Crippen LogP contribution in [0.2, 0.25) is 0 Å². The van der Waals surface area contributed by atoms with E-state index >= 15 is 0 Å². The van der Waals surface area contributed by atoms with Crippen molar-refractivity contribution in [3.05, 3.63) is 11.6 Å². The first-order chi connectivity index (χ1) is 5.42. The number of Topliss-reactive ketones (excluding diaryl/α,β-unsaturated/α-hetero) is 1. The fourth-order valence-corrected chi connectivity index (χ4v) is 0.830. The Morgan fingerprint density at radius 2 is 1.92 bits per heavy atom. The van der Waals surface area contributed by atoms with E-state index in [-0.39, 0.29) is 5.78 Å². The Balaban J connectivity index is 4.35.